The fourth-order valence-corrected chi connectivity index (χ4v) is 3.58. The third-order valence-electron chi connectivity index (χ3n) is 4.47. The fourth-order valence-electron chi connectivity index (χ4n) is 3.28. The smallest absolute Gasteiger partial charge is 0.173 e. The lowest BCUT2D eigenvalue weighted by atomic mass is 10.2. The first kappa shape index (κ1) is 13.8. The van der Waals surface area contributed by atoms with Crippen LogP contribution in [0.1, 0.15) is 25.7 Å². The average Bonchev–Trinajstić information content (AvgIpc) is 3.03. The van der Waals surface area contributed by atoms with E-state index >= 15 is 0 Å². The zero-order valence-corrected chi connectivity index (χ0v) is 12.7. The molecule has 0 unspecified atom stereocenters. The first-order valence-corrected chi connectivity index (χ1v) is 8.09. The molecule has 0 atom stereocenters. The van der Waals surface area contributed by atoms with E-state index in [-0.39, 0.29) is 0 Å². The van der Waals surface area contributed by atoms with Crippen LogP contribution in [0.25, 0.3) is 0 Å². The summed E-state index contributed by atoms with van der Waals surface area (Å²) in [6, 6.07) is 11.0. The van der Waals surface area contributed by atoms with Gasteiger partial charge in [0.05, 0.1) is 0 Å². The SMILES string of the molecule is S=C(Nc1ccccc1)N1CCN(C2CCCC2)CC1. The largest absolute Gasteiger partial charge is 0.346 e. The molecule has 3 nitrogen and oxygen atoms in total. The molecule has 0 amide bonds. The van der Waals surface area contributed by atoms with E-state index in [2.05, 4.69) is 27.2 Å². The van der Waals surface area contributed by atoms with Gasteiger partial charge in [0.1, 0.15) is 0 Å². The van der Waals surface area contributed by atoms with Crippen molar-refractivity contribution in [2.75, 3.05) is 31.5 Å². The van der Waals surface area contributed by atoms with E-state index in [0.29, 0.717) is 0 Å². The van der Waals surface area contributed by atoms with Crippen molar-refractivity contribution in [1.29, 1.82) is 0 Å². The molecule has 108 valence electrons. The zero-order chi connectivity index (χ0) is 13.8. The summed E-state index contributed by atoms with van der Waals surface area (Å²) in [6.45, 7) is 4.41. The van der Waals surface area contributed by atoms with Crippen LogP contribution in [0.15, 0.2) is 30.3 Å². The van der Waals surface area contributed by atoms with E-state index in [4.69, 9.17) is 12.2 Å². The van der Waals surface area contributed by atoms with Crippen LogP contribution >= 0.6 is 12.2 Å². The molecule has 4 heteroatoms. The number of para-hydroxylation sites is 1. The number of thiocarbonyl (C=S) groups is 1. The summed E-state index contributed by atoms with van der Waals surface area (Å²) < 4.78 is 0. The Bertz CT molecular complexity index is 434. The molecule has 0 bridgehead atoms. The molecule has 2 fully saturated rings. The van der Waals surface area contributed by atoms with Crippen molar-refractivity contribution < 1.29 is 0 Å². The lowest BCUT2D eigenvalue weighted by molar-refractivity contribution is 0.135. The molecule has 3 rings (SSSR count). The van der Waals surface area contributed by atoms with E-state index in [1.165, 1.54) is 25.7 Å². The van der Waals surface area contributed by atoms with Crippen molar-refractivity contribution in [3.05, 3.63) is 30.3 Å². The molecule has 1 N–H and O–H groups in total. The lowest BCUT2D eigenvalue weighted by Gasteiger charge is -2.39. The highest BCUT2D eigenvalue weighted by atomic mass is 32.1. The van der Waals surface area contributed by atoms with Gasteiger partial charge in [0.15, 0.2) is 5.11 Å². The Morgan fingerprint density at radius 1 is 1.00 bits per heavy atom. The van der Waals surface area contributed by atoms with Crippen LogP contribution in [-0.2, 0) is 0 Å². The summed E-state index contributed by atoms with van der Waals surface area (Å²) in [4.78, 5) is 4.96. The predicted octanol–water partition coefficient (Wildman–Crippen LogP) is 2.94. The lowest BCUT2D eigenvalue weighted by Crippen LogP contribution is -2.52. The average molecular weight is 289 g/mol. The van der Waals surface area contributed by atoms with Crippen LogP contribution in [0.3, 0.4) is 0 Å². The van der Waals surface area contributed by atoms with Crippen molar-refractivity contribution in [2.45, 2.75) is 31.7 Å². The third kappa shape index (κ3) is 3.30. The number of hydrogen-bond donors (Lipinski definition) is 1. The molecule has 1 saturated carbocycles. The van der Waals surface area contributed by atoms with Crippen molar-refractivity contribution in [3.8, 4) is 0 Å². The molecule has 20 heavy (non-hydrogen) atoms. The normalized spacial score (nSPS) is 21.1. The van der Waals surface area contributed by atoms with E-state index in [9.17, 15) is 0 Å². The molecule has 1 aliphatic heterocycles. The van der Waals surface area contributed by atoms with Gasteiger partial charge in [-0.1, -0.05) is 31.0 Å². The topological polar surface area (TPSA) is 18.5 Å². The minimum atomic E-state index is 0.841. The number of hydrogen-bond acceptors (Lipinski definition) is 2. The van der Waals surface area contributed by atoms with Crippen LogP contribution in [0.5, 0.6) is 0 Å². The number of piperazine rings is 1. The molecule has 2 aliphatic rings. The number of benzene rings is 1. The van der Waals surface area contributed by atoms with Crippen molar-refractivity contribution in [3.63, 3.8) is 0 Å². The van der Waals surface area contributed by atoms with Gasteiger partial charge in [-0.15, -0.1) is 0 Å². The van der Waals surface area contributed by atoms with Gasteiger partial charge in [-0.2, -0.15) is 0 Å². The molecule has 1 saturated heterocycles. The van der Waals surface area contributed by atoms with Crippen LogP contribution in [0.4, 0.5) is 5.69 Å². The van der Waals surface area contributed by atoms with Crippen molar-refractivity contribution in [1.82, 2.24) is 9.80 Å². The maximum absolute atomic E-state index is 5.53. The van der Waals surface area contributed by atoms with Crippen LogP contribution in [0.2, 0.25) is 0 Å². The molecule has 1 heterocycles. The minimum Gasteiger partial charge on any atom is -0.346 e. The zero-order valence-electron chi connectivity index (χ0n) is 11.9. The molecule has 0 aromatic heterocycles. The Morgan fingerprint density at radius 2 is 1.65 bits per heavy atom. The fraction of sp³-hybridized carbons (Fsp3) is 0.562. The number of anilines is 1. The highest BCUT2D eigenvalue weighted by Crippen LogP contribution is 2.24. The second-order valence-electron chi connectivity index (χ2n) is 5.76. The van der Waals surface area contributed by atoms with E-state index < -0.39 is 0 Å². The van der Waals surface area contributed by atoms with Gasteiger partial charge in [0.2, 0.25) is 0 Å². The maximum atomic E-state index is 5.53. The Hall–Kier alpha value is -1.13. The van der Waals surface area contributed by atoms with Crippen LogP contribution in [0, 0.1) is 0 Å². The summed E-state index contributed by atoms with van der Waals surface area (Å²) in [5.41, 5.74) is 1.08. The summed E-state index contributed by atoms with van der Waals surface area (Å²) in [6.07, 6.45) is 5.62. The Balaban J connectivity index is 1.49. The van der Waals surface area contributed by atoms with Gasteiger partial charge in [-0.3, -0.25) is 4.90 Å². The van der Waals surface area contributed by atoms with Gasteiger partial charge in [0.25, 0.3) is 0 Å². The molecule has 1 aromatic carbocycles. The first-order valence-electron chi connectivity index (χ1n) is 7.68. The van der Waals surface area contributed by atoms with Crippen molar-refractivity contribution >= 4 is 23.0 Å². The van der Waals surface area contributed by atoms with E-state index in [1.807, 2.05) is 18.2 Å². The molecular formula is C16H23N3S. The van der Waals surface area contributed by atoms with Crippen LogP contribution < -0.4 is 5.32 Å². The highest BCUT2D eigenvalue weighted by molar-refractivity contribution is 7.80. The van der Waals surface area contributed by atoms with E-state index in [1.54, 1.807) is 0 Å². The first-order chi connectivity index (χ1) is 9.83. The molecular weight excluding hydrogens is 266 g/mol. The highest BCUT2D eigenvalue weighted by Gasteiger charge is 2.26. The summed E-state index contributed by atoms with van der Waals surface area (Å²) >= 11 is 5.53. The standard InChI is InChI=1S/C16H23N3S/c20-16(17-14-6-2-1-3-7-14)19-12-10-18(11-13-19)15-8-4-5-9-15/h1-3,6-7,15H,4-5,8-13H2,(H,17,20). The summed E-state index contributed by atoms with van der Waals surface area (Å²) in [5.74, 6) is 0. The van der Waals surface area contributed by atoms with Gasteiger partial charge < -0.3 is 10.2 Å². The predicted molar refractivity (Wildman–Crippen MR) is 88.1 cm³/mol. The van der Waals surface area contributed by atoms with Gasteiger partial charge >= 0.3 is 0 Å². The van der Waals surface area contributed by atoms with E-state index in [0.717, 1.165) is 43.0 Å². The summed E-state index contributed by atoms with van der Waals surface area (Å²) in [5, 5.41) is 4.20. The minimum absolute atomic E-state index is 0.841. The third-order valence-corrected chi connectivity index (χ3v) is 4.83. The number of rotatable bonds is 2. The van der Waals surface area contributed by atoms with Gasteiger partial charge in [0, 0.05) is 37.9 Å². The molecule has 1 aliphatic carbocycles. The Morgan fingerprint density at radius 3 is 2.30 bits per heavy atom. The van der Waals surface area contributed by atoms with Gasteiger partial charge in [-0.25, -0.2) is 0 Å². The summed E-state index contributed by atoms with van der Waals surface area (Å²) in [7, 11) is 0. The molecule has 0 spiro atoms. The van der Waals surface area contributed by atoms with Crippen molar-refractivity contribution in [2.24, 2.45) is 0 Å². The molecule has 1 aromatic rings. The molecule has 0 radical (unpaired) electrons. The van der Waals surface area contributed by atoms with Gasteiger partial charge in [-0.05, 0) is 37.2 Å². The second-order valence-corrected chi connectivity index (χ2v) is 6.14. The monoisotopic (exact) mass is 289 g/mol. The number of nitrogens with zero attached hydrogens (tertiary/aromatic N) is 2. The maximum Gasteiger partial charge on any atom is 0.173 e. The second kappa shape index (κ2) is 6.55. The Labute approximate surface area is 126 Å². The number of nitrogens with one attached hydrogen (secondary N) is 1. The van der Waals surface area contributed by atoms with Crippen LogP contribution in [-0.4, -0.2) is 47.1 Å². The quantitative estimate of drug-likeness (QED) is 0.843. The Kier molecular flexibility index (Phi) is 4.53.